The average molecular weight is 394 g/mol. The molecule has 1 amide bonds. The molecule has 1 aromatic heterocycles. The number of benzene rings is 2. The second-order valence-corrected chi connectivity index (χ2v) is 6.61. The molecule has 2 aromatic carbocycles. The number of ether oxygens (including phenoxy) is 2. The minimum atomic E-state index is -0.0514. The van der Waals surface area contributed by atoms with Gasteiger partial charge in [0.05, 0.1) is 19.9 Å². The van der Waals surface area contributed by atoms with Gasteiger partial charge in [-0.05, 0) is 34.7 Å². The number of hydrogen-bond donors (Lipinski definition) is 0. The van der Waals surface area contributed by atoms with E-state index in [4.69, 9.17) is 9.47 Å². The molecule has 0 unspecified atom stereocenters. The Hall–Kier alpha value is -3.62. The fourth-order valence-electron chi connectivity index (χ4n) is 3.34. The molecule has 29 heavy (non-hydrogen) atoms. The summed E-state index contributed by atoms with van der Waals surface area (Å²) in [5.41, 5.74) is 1.44. The highest BCUT2D eigenvalue weighted by atomic mass is 16.5. The van der Waals surface area contributed by atoms with Crippen molar-refractivity contribution in [2.45, 2.75) is 0 Å². The van der Waals surface area contributed by atoms with Crippen LogP contribution in [0.25, 0.3) is 5.69 Å². The number of anilines is 1. The second kappa shape index (κ2) is 8.17. The standard InChI is InChI=1S/C20H22N6O3/c1-28-17-12-15(13-18(14-17)29-2)19(27)24-8-10-25(11-9-24)20-21-22-23-26(20)16-6-4-3-5-7-16/h3-7,12-14H,8-11H2,1-2H3. The summed E-state index contributed by atoms with van der Waals surface area (Å²) in [5.74, 6) is 1.80. The Morgan fingerprint density at radius 3 is 2.21 bits per heavy atom. The lowest BCUT2D eigenvalue weighted by atomic mass is 10.1. The van der Waals surface area contributed by atoms with Gasteiger partial charge in [-0.3, -0.25) is 4.79 Å². The molecule has 9 heteroatoms. The van der Waals surface area contributed by atoms with E-state index in [9.17, 15) is 4.79 Å². The third kappa shape index (κ3) is 3.84. The number of amides is 1. The minimum absolute atomic E-state index is 0.0514. The Labute approximate surface area is 168 Å². The number of hydrogen-bond acceptors (Lipinski definition) is 7. The zero-order valence-electron chi connectivity index (χ0n) is 16.4. The van der Waals surface area contributed by atoms with Crippen LogP contribution >= 0.6 is 0 Å². The van der Waals surface area contributed by atoms with Crippen molar-refractivity contribution < 1.29 is 14.3 Å². The van der Waals surface area contributed by atoms with Crippen LogP contribution in [0.3, 0.4) is 0 Å². The monoisotopic (exact) mass is 394 g/mol. The van der Waals surface area contributed by atoms with Gasteiger partial charge >= 0.3 is 0 Å². The molecule has 150 valence electrons. The van der Waals surface area contributed by atoms with Crippen molar-refractivity contribution in [3.05, 3.63) is 54.1 Å². The quantitative estimate of drug-likeness (QED) is 0.650. The molecule has 0 spiro atoms. The molecular formula is C20H22N6O3. The van der Waals surface area contributed by atoms with Gasteiger partial charge in [-0.2, -0.15) is 4.68 Å². The second-order valence-electron chi connectivity index (χ2n) is 6.61. The van der Waals surface area contributed by atoms with Gasteiger partial charge in [0.15, 0.2) is 0 Å². The molecule has 0 saturated carbocycles. The normalized spacial score (nSPS) is 14.0. The summed E-state index contributed by atoms with van der Waals surface area (Å²) in [6.45, 7) is 2.42. The molecule has 0 bridgehead atoms. The number of methoxy groups -OCH3 is 2. The fraction of sp³-hybridized carbons (Fsp3) is 0.300. The first-order chi connectivity index (χ1) is 14.2. The lowest BCUT2D eigenvalue weighted by Crippen LogP contribution is -2.49. The van der Waals surface area contributed by atoms with Gasteiger partial charge in [-0.1, -0.05) is 23.3 Å². The molecule has 3 aromatic rings. The number of piperazine rings is 1. The van der Waals surface area contributed by atoms with E-state index in [2.05, 4.69) is 20.4 Å². The van der Waals surface area contributed by atoms with Crippen LogP contribution in [0.15, 0.2) is 48.5 Å². The highest BCUT2D eigenvalue weighted by molar-refractivity contribution is 5.95. The number of tetrazole rings is 1. The maximum absolute atomic E-state index is 13.0. The van der Waals surface area contributed by atoms with Gasteiger partial charge in [-0.15, -0.1) is 0 Å². The zero-order chi connectivity index (χ0) is 20.2. The van der Waals surface area contributed by atoms with Crippen LogP contribution in [0.4, 0.5) is 5.95 Å². The van der Waals surface area contributed by atoms with Crippen molar-refractivity contribution in [1.82, 2.24) is 25.1 Å². The minimum Gasteiger partial charge on any atom is -0.497 e. The molecule has 0 N–H and O–H groups in total. The Kier molecular flexibility index (Phi) is 5.28. The number of nitrogens with zero attached hydrogens (tertiary/aromatic N) is 6. The first-order valence-corrected chi connectivity index (χ1v) is 9.30. The van der Waals surface area contributed by atoms with E-state index in [1.54, 1.807) is 37.1 Å². The summed E-state index contributed by atoms with van der Waals surface area (Å²) in [5, 5.41) is 12.1. The number of aromatic nitrogens is 4. The Morgan fingerprint density at radius 2 is 1.59 bits per heavy atom. The number of para-hydroxylation sites is 1. The summed E-state index contributed by atoms with van der Waals surface area (Å²) >= 11 is 0. The first kappa shape index (κ1) is 18.7. The van der Waals surface area contributed by atoms with Crippen molar-refractivity contribution in [3.63, 3.8) is 0 Å². The molecule has 4 rings (SSSR count). The van der Waals surface area contributed by atoms with Crippen molar-refractivity contribution in [3.8, 4) is 17.2 Å². The molecule has 1 aliphatic rings. The summed E-state index contributed by atoms with van der Waals surface area (Å²) in [6.07, 6.45) is 0. The summed E-state index contributed by atoms with van der Waals surface area (Å²) in [6, 6.07) is 15.0. The van der Waals surface area contributed by atoms with E-state index < -0.39 is 0 Å². The molecule has 0 radical (unpaired) electrons. The predicted molar refractivity (Wildman–Crippen MR) is 107 cm³/mol. The summed E-state index contributed by atoms with van der Waals surface area (Å²) < 4.78 is 12.3. The van der Waals surface area contributed by atoms with E-state index in [0.717, 1.165) is 5.69 Å². The zero-order valence-corrected chi connectivity index (χ0v) is 16.4. The number of carbonyl (C=O) groups is 1. The first-order valence-electron chi connectivity index (χ1n) is 9.30. The lowest BCUT2D eigenvalue weighted by molar-refractivity contribution is 0.0745. The Balaban J connectivity index is 1.47. The Bertz CT molecular complexity index is 961. The van der Waals surface area contributed by atoms with Gasteiger partial charge < -0.3 is 19.3 Å². The van der Waals surface area contributed by atoms with E-state index in [0.29, 0.717) is 49.2 Å². The molecule has 9 nitrogen and oxygen atoms in total. The van der Waals surface area contributed by atoms with Crippen LogP contribution in [-0.2, 0) is 0 Å². The van der Waals surface area contributed by atoms with Crippen LogP contribution < -0.4 is 14.4 Å². The van der Waals surface area contributed by atoms with Gasteiger partial charge in [0.25, 0.3) is 5.91 Å². The van der Waals surface area contributed by atoms with Crippen molar-refractivity contribution in [2.75, 3.05) is 45.3 Å². The molecule has 1 saturated heterocycles. The predicted octanol–water partition coefficient (Wildman–Crippen LogP) is 1.64. The third-order valence-corrected chi connectivity index (χ3v) is 4.90. The van der Waals surface area contributed by atoms with E-state index in [1.807, 2.05) is 35.2 Å². The number of carbonyl (C=O) groups excluding carboxylic acids is 1. The van der Waals surface area contributed by atoms with E-state index >= 15 is 0 Å². The lowest BCUT2D eigenvalue weighted by Gasteiger charge is -2.34. The van der Waals surface area contributed by atoms with Crippen LogP contribution in [0, 0.1) is 0 Å². The van der Waals surface area contributed by atoms with Crippen molar-refractivity contribution >= 4 is 11.9 Å². The SMILES string of the molecule is COc1cc(OC)cc(C(=O)N2CCN(c3nnnn3-c3ccccc3)CC2)c1. The summed E-state index contributed by atoms with van der Waals surface area (Å²) in [7, 11) is 3.14. The van der Waals surface area contributed by atoms with Gasteiger partial charge in [0.2, 0.25) is 5.95 Å². The van der Waals surface area contributed by atoms with Gasteiger partial charge in [0.1, 0.15) is 11.5 Å². The molecule has 0 atom stereocenters. The van der Waals surface area contributed by atoms with Crippen LogP contribution in [0.5, 0.6) is 11.5 Å². The fourth-order valence-corrected chi connectivity index (χ4v) is 3.34. The van der Waals surface area contributed by atoms with E-state index in [1.165, 1.54) is 0 Å². The maximum Gasteiger partial charge on any atom is 0.254 e. The molecule has 0 aliphatic carbocycles. The van der Waals surface area contributed by atoms with Crippen LogP contribution in [0.1, 0.15) is 10.4 Å². The van der Waals surface area contributed by atoms with Gasteiger partial charge in [-0.25, -0.2) is 0 Å². The smallest absolute Gasteiger partial charge is 0.254 e. The van der Waals surface area contributed by atoms with E-state index in [-0.39, 0.29) is 5.91 Å². The Morgan fingerprint density at radius 1 is 0.931 bits per heavy atom. The maximum atomic E-state index is 13.0. The highest BCUT2D eigenvalue weighted by Gasteiger charge is 2.26. The van der Waals surface area contributed by atoms with Crippen LogP contribution in [-0.4, -0.2) is 71.4 Å². The molecule has 2 heterocycles. The summed E-state index contributed by atoms with van der Waals surface area (Å²) in [4.78, 5) is 16.9. The molecule has 1 fully saturated rings. The van der Waals surface area contributed by atoms with Crippen LogP contribution in [0.2, 0.25) is 0 Å². The third-order valence-electron chi connectivity index (χ3n) is 4.90. The van der Waals surface area contributed by atoms with Gasteiger partial charge in [0, 0.05) is 37.8 Å². The van der Waals surface area contributed by atoms with Crippen molar-refractivity contribution in [2.24, 2.45) is 0 Å². The average Bonchev–Trinajstić information content (AvgIpc) is 3.29. The molecule has 1 aliphatic heterocycles. The van der Waals surface area contributed by atoms with Crippen molar-refractivity contribution in [1.29, 1.82) is 0 Å². The largest absolute Gasteiger partial charge is 0.497 e. The number of rotatable bonds is 5. The highest BCUT2D eigenvalue weighted by Crippen LogP contribution is 2.24. The molecular weight excluding hydrogens is 372 g/mol. The topological polar surface area (TPSA) is 85.6 Å².